The molecule has 0 radical (unpaired) electrons. The zero-order valence-electron chi connectivity index (χ0n) is 10.4. The minimum atomic E-state index is -0.631. The highest BCUT2D eigenvalue weighted by Crippen LogP contribution is 2.28. The van der Waals surface area contributed by atoms with Crippen LogP contribution in [0.5, 0.6) is 0 Å². The van der Waals surface area contributed by atoms with E-state index in [1.165, 1.54) is 0 Å². The van der Waals surface area contributed by atoms with E-state index in [0.717, 1.165) is 6.42 Å². The molecular weight excluding hydrogens is 257 g/mol. The Labute approximate surface area is 113 Å². The fraction of sp³-hybridized carbons (Fsp3) is 0.538. The van der Waals surface area contributed by atoms with Gasteiger partial charge in [-0.05, 0) is 32.4 Å². The van der Waals surface area contributed by atoms with Gasteiger partial charge in [-0.1, -0.05) is 36.2 Å². The topological polar surface area (TPSA) is 32.3 Å². The third kappa shape index (κ3) is 4.14. The molecular formula is C13H19Cl2NO. The van der Waals surface area contributed by atoms with Gasteiger partial charge in [-0.2, -0.15) is 0 Å². The van der Waals surface area contributed by atoms with Crippen LogP contribution in [-0.4, -0.2) is 17.2 Å². The molecule has 0 aliphatic carbocycles. The zero-order chi connectivity index (χ0) is 13.0. The lowest BCUT2D eigenvalue weighted by Gasteiger charge is -2.24. The zero-order valence-corrected chi connectivity index (χ0v) is 11.9. The van der Waals surface area contributed by atoms with Crippen molar-refractivity contribution >= 4 is 23.2 Å². The Balaban J connectivity index is 2.77. The molecule has 2 N–H and O–H groups in total. The standard InChI is InChI=1S/C13H19Cl2NO/c1-4-8(2)16-9(3)13(17)11-6-5-10(14)7-12(11)15/h5-9,13,16-17H,4H2,1-3H3. The highest BCUT2D eigenvalue weighted by Gasteiger charge is 2.19. The molecule has 1 aromatic rings. The average Bonchev–Trinajstić information content (AvgIpc) is 2.28. The lowest BCUT2D eigenvalue weighted by molar-refractivity contribution is 0.130. The summed E-state index contributed by atoms with van der Waals surface area (Å²) in [5, 5.41) is 14.6. The van der Waals surface area contributed by atoms with Gasteiger partial charge < -0.3 is 10.4 Å². The van der Waals surface area contributed by atoms with Gasteiger partial charge in [-0.25, -0.2) is 0 Å². The number of nitrogens with one attached hydrogen (secondary N) is 1. The summed E-state index contributed by atoms with van der Waals surface area (Å²) in [5.74, 6) is 0. The van der Waals surface area contributed by atoms with E-state index >= 15 is 0 Å². The summed E-state index contributed by atoms with van der Waals surface area (Å²) in [5.41, 5.74) is 0.708. The van der Waals surface area contributed by atoms with E-state index in [0.29, 0.717) is 21.7 Å². The monoisotopic (exact) mass is 275 g/mol. The summed E-state index contributed by atoms with van der Waals surface area (Å²) in [6, 6.07) is 5.47. The molecule has 0 amide bonds. The van der Waals surface area contributed by atoms with E-state index in [1.807, 2.05) is 6.92 Å². The second-order valence-electron chi connectivity index (χ2n) is 4.38. The first-order chi connectivity index (χ1) is 7.95. The van der Waals surface area contributed by atoms with Crippen molar-refractivity contribution in [1.29, 1.82) is 0 Å². The van der Waals surface area contributed by atoms with E-state index in [4.69, 9.17) is 23.2 Å². The number of rotatable bonds is 5. The largest absolute Gasteiger partial charge is 0.387 e. The van der Waals surface area contributed by atoms with Crippen LogP contribution >= 0.6 is 23.2 Å². The van der Waals surface area contributed by atoms with Crippen LogP contribution in [0, 0.1) is 0 Å². The molecule has 17 heavy (non-hydrogen) atoms. The summed E-state index contributed by atoms with van der Waals surface area (Å²) < 4.78 is 0. The molecule has 0 spiro atoms. The molecule has 3 unspecified atom stereocenters. The van der Waals surface area contributed by atoms with Crippen LogP contribution < -0.4 is 5.32 Å². The first-order valence-electron chi connectivity index (χ1n) is 5.84. The molecule has 0 saturated heterocycles. The molecule has 2 nitrogen and oxygen atoms in total. The summed E-state index contributed by atoms with van der Waals surface area (Å²) in [6.45, 7) is 6.14. The van der Waals surface area contributed by atoms with Crippen molar-refractivity contribution in [3.8, 4) is 0 Å². The van der Waals surface area contributed by atoms with Crippen LogP contribution in [0.3, 0.4) is 0 Å². The van der Waals surface area contributed by atoms with Gasteiger partial charge in [0, 0.05) is 27.7 Å². The van der Waals surface area contributed by atoms with Crippen molar-refractivity contribution < 1.29 is 5.11 Å². The summed E-state index contributed by atoms with van der Waals surface area (Å²) in [4.78, 5) is 0. The third-order valence-corrected chi connectivity index (χ3v) is 3.48. The van der Waals surface area contributed by atoms with Crippen molar-refractivity contribution in [3.05, 3.63) is 33.8 Å². The van der Waals surface area contributed by atoms with Gasteiger partial charge in [0.15, 0.2) is 0 Å². The fourth-order valence-electron chi connectivity index (χ4n) is 1.67. The van der Waals surface area contributed by atoms with Crippen LogP contribution in [0.2, 0.25) is 10.0 Å². The second kappa shape index (κ2) is 6.60. The van der Waals surface area contributed by atoms with E-state index in [9.17, 15) is 5.11 Å². The van der Waals surface area contributed by atoms with Gasteiger partial charge in [0.1, 0.15) is 0 Å². The summed E-state index contributed by atoms with van der Waals surface area (Å²) in [6.07, 6.45) is 0.388. The number of halogens is 2. The molecule has 3 atom stereocenters. The molecule has 0 bridgehead atoms. The van der Waals surface area contributed by atoms with Crippen molar-refractivity contribution in [2.24, 2.45) is 0 Å². The van der Waals surface area contributed by atoms with Crippen LogP contribution in [0.15, 0.2) is 18.2 Å². The molecule has 0 saturated carbocycles. The van der Waals surface area contributed by atoms with Gasteiger partial charge >= 0.3 is 0 Å². The third-order valence-electron chi connectivity index (χ3n) is 2.91. The lowest BCUT2D eigenvalue weighted by Crippen LogP contribution is -2.38. The SMILES string of the molecule is CCC(C)NC(C)C(O)c1ccc(Cl)cc1Cl. The van der Waals surface area contributed by atoms with Crippen LogP contribution in [0.25, 0.3) is 0 Å². The number of aliphatic hydroxyl groups excluding tert-OH is 1. The Morgan fingerprint density at radius 1 is 1.29 bits per heavy atom. The van der Waals surface area contributed by atoms with Crippen LogP contribution in [0.4, 0.5) is 0 Å². The van der Waals surface area contributed by atoms with Gasteiger partial charge in [-0.3, -0.25) is 0 Å². The maximum Gasteiger partial charge on any atom is 0.0954 e. The maximum atomic E-state index is 10.2. The lowest BCUT2D eigenvalue weighted by atomic mass is 10.0. The van der Waals surface area contributed by atoms with Crippen LogP contribution in [0.1, 0.15) is 38.9 Å². The quantitative estimate of drug-likeness (QED) is 0.857. The predicted molar refractivity (Wildman–Crippen MR) is 73.8 cm³/mol. The Morgan fingerprint density at radius 3 is 2.47 bits per heavy atom. The minimum Gasteiger partial charge on any atom is -0.387 e. The molecule has 0 aromatic heterocycles. The molecule has 1 rings (SSSR count). The first kappa shape index (κ1) is 14.8. The first-order valence-corrected chi connectivity index (χ1v) is 6.60. The van der Waals surface area contributed by atoms with Gasteiger partial charge in [0.2, 0.25) is 0 Å². The number of aliphatic hydroxyl groups is 1. The Morgan fingerprint density at radius 2 is 1.94 bits per heavy atom. The van der Waals surface area contributed by atoms with Crippen molar-refractivity contribution in [2.75, 3.05) is 0 Å². The van der Waals surface area contributed by atoms with Gasteiger partial charge in [0.05, 0.1) is 6.10 Å². The maximum absolute atomic E-state index is 10.2. The predicted octanol–water partition coefficient (Wildman–Crippen LogP) is 3.80. The normalized spacial score (nSPS) is 16.6. The Kier molecular flexibility index (Phi) is 5.74. The number of hydrogen-bond acceptors (Lipinski definition) is 2. The molecule has 0 fully saturated rings. The average molecular weight is 276 g/mol. The van der Waals surface area contributed by atoms with Crippen molar-refractivity contribution in [1.82, 2.24) is 5.32 Å². The molecule has 1 aromatic carbocycles. The molecule has 0 aliphatic rings. The molecule has 0 heterocycles. The Hall–Kier alpha value is -0.280. The molecule has 4 heteroatoms. The van der Waals surface area contributed by atoms with E-state index in [1.54, 1.807) is 18.2 Å². The minimum absolute atomic E-state index is 0.0522. The smallest absolute Gasteiger partial charge is 0.0954 e. The van der Waals surface area contributed by atoms with Crippen LogP contribution in [-0.2, 0) is 0 Å². The molecule has 0 aliphatic heterocycles. The highest BCUT2D eigenvalue weighted by molar-refractivity contribution is 6.35. The van der Waals surface area contributed by atoms with E-state index < -0.39 is 6.10 Å². The summed E-state index contributed by atoms with van der Waals surface area (Å²) in [7, 11) is 0. The van der Waals surface area contributed by atoms with E-state index in [-0.39, 0.29) is 6.04 Å². The van der Waals surface area contributed by atoms with Gasteiger partial charge in [-0.15, -0.1) is 0 Å². The van der Waals surface area contributed by atoms with Crippen molar-refractivity contribution in [2.45, 2.75) is 45.4 Å². The Bertz CT molecular complexity index is 370. The fourth-order valence-corrected chi connectivity index (χ4v) is 2.19. The number of hydrogen-bond donors (Lipinski definition) is 2. The van der Waals surface area contributed by atoms with Gasteiger partial charge in [0.25, 0.3) is 0 Å². The number of benzene rings is 1. The second-order valence-corrected chi connectivity index (χ2v) is 5.22. The highest BCUT2D eigenvalue weighted by atomic mass is 35.5. The molecule has 96 valence electrons. The van der Waals surface area contributed by atoms with E-state index in [2.05, 4.69) is 19.2 Å². The van der Waals surface area contributed by atoms with Crippen molar-refractivity contribution in [3.63, 3.8) is 0 Å². The summed E-state index contributed by atoms with van der Waals surface area (Å²) >= 11 is 11.9.